The summed E-state index contributed by atoms with van der Waals surface area (Å²) in [5.41, 5.74) is 0.730. The van der Waals surface area contributed by atoms with E-state index in [2.05, 4.69) is 4.90 Å². The molecule has 18 heavy (non-hydrogen) atoms. The first-order valence-electron chi connectivity index (χ1n) is 6.72. The minimum Gasteiger partial charge on any atom is -0.489 e. The van der Waals surface area contributed by atoms with Gasteiger partial charge in [0.25, 0.3) is 0 Å². The van der Waals surface area contributed by atoms with Crippen molar-refractivity contribution in [2.24, 2.45) is 5.92 Å². The Morgan fingerprint density at radius 3 is 2.72 bits per heavy atom. The highest BCUT2D eigenvalue weighted by Crippen LogP contribution is 2.30. The molecule has 3 aliphatic rings. The zero-order chi connectivity index (χ0) is 12.5. The van der Waals surface area contributed by atoms with Gasteiger partial charge in [-0.05, 0) is 50.9 Å². The molecule has 0 amide bonds. The number of ketones is 1. The number of carbonyl (C=O) groups is 1. The first kappa shape index (κ1) is 11.7. The molecule has 3 saturated heterocycles. The molecule has 2 bridgehead atoms. The highest BCUT2D eigenvalue weighted by molar-refractivity contribution is 5.94. The van der Waals surface area contributed by atoms with E-state index in [0.29, 0.717) is 12.0 Å². The van der Waals surface area contributed by atoms with E-state index in [4.69, 9.17) is 4.74 Å². The monoisotopic (exact) mass is 245 g/mol. The second-order valence-electron chi connectivity index (χ2n) is 5.38. The lowest BCUT2D eigenvalue weighted by Crippen LogP contribution is -2.52. The van der Waals surface area contributed by atoms with E-state index >= 15 is 0 Å². The molecule has 3 fully saturated rings. The number of nitrogens with zero attached hydrogens (tertiary/aromatic N) is 1. The fraction of sp³-hybridized carbons (Fsp3) is 0.533. The Bertz CT molecular complexity index is 450. The van der Waals surface area contributed by atoms with Gasteiger partial charge in [0.1, 0.15) is 11.9 Å². The number of fused-ring (bicyclic) bond motifs is 3. The molecule has 0 aliphatic carbocycles. The second-order valence-corrected chi connectivity index (χ2v) is 5.38. The number of hydrogen-bond acceptors (Lipinski definition) is 3. The van der Waals surface area contributed by atoms with Crippen molar-refractivity contribution in [2.75, 3.05) is 19.6 Å². The van der Waals surface area contributed by atoms with Crippen molar-refractivity contribution in [3.8, 4) is 5.75 Å². The summed E-state index contributed by atoms with van der Waals surface area (Å²) in [5.74, 6) is 1.62. The van der Waals surface area contributed by atoms with Gasteiger partial charge in [-0.1, -0.05) is 12.1 Å². The number of Topliss-reactive ketones (excluding diaryl/α,β-unsaturated/α-hetero) is 1. The number of hydrogen-bond donors (Lipinski definition) is 0. The van der Waals surface area contributed by atoms with Crippen molar-refractivity contribution < 1.29 is 9.53 Å². The summed E-state index contributed by atoms with van der Waals surface area (Å²) in [6.45, 7) is 5.07. The third-order valence-electron chi connectivity index (χ3n) is 4.12. The lowest BCUT2D eigenvalue weighted by atomic mass is 9.86. The number of piperidine rings is 3. The van der Waals surface area contributed by atoms with Crippen LogP contribution in [0.15, 0.2) is 24.3 Å². The fourth-order valence-electron chi connectivity index (χ4n) is 3.01. The average Bonchev–Trinajstić information content (AvgIpc) is 2.40. The van der Waals surface area contributed by atoms with Crippen LogP contribution >= 0.6 is 0 Å². The van der Waals surface area contributed by atoms with Crippen LogP contribution in [-0.2, 0) is 0 Å². The van der Waals surface area contributed by atoms with Crippen molar-refractivity contribution >= 4 is 5.78 Å². The Labute approximate surface area is 108 Å². The molecular weight excluding hydrogens is 226 g/mol. The zero-order valence-corrected chi connectivity index (χ0v) is 10.8. The lowest BCUT2D eigenvalue weighted by molar-refractivity contribution is -0.00778. The maximum atomic E-state index is 11.4. The van der Waals surface area contributed by atoms with Gasteiger partial charge >= 0.3 is 0 Å². The van der Waals surface area contributed by atoms with Gasteiger partial charge in [0.05, 0.1) is 0 Å². The Morgan fingerprint density at radius 1 is 1.33 bits per heavy atom. The van der Waals surface area contributed by atoms with Crippen LogP contribution in [0.25, 0.3) is 0 Å². The minimum atomic E-state index is 0.0920. The van der Waals surface area contributed by atoms with E-state index in [9.17, 15) is 4.79 Å². The van der Waals surface area contributed by atoms with Crippen molar-refractivity contribution in [1.82, 2.24) is 4.90 Å². The second kappa shape index (κ2) is 4.73. The third-order valence-corrected chi connectivity index (χ3v) is 4.12. The summed E-state index contributed by atoms with van der Waals surface area (Å²) in [6.07, 6.45) is 2.79. The van der Waals surface area contributed by atoms with Crippen molar-refractivity contribution in [3.05, 3.63) is 29.8 Å². The van der Waals surface area contributed by atoms with Gasteiger partial charge in [0.15, 0.2) is 5.78 Å². The van der Waals surface area contributed by atoms with E-state index in [1.807, 2.05) is 24.3 Å². The van der Waals surface area contributed by atoms with E-state index in [1.54, 1.807) is 6.92 Å². The van der Waals surface area contributed by atoms with Crippen LogP contribution in [0.4, 0.5) is 0 Å². The van der Waals surface area contributed by atoms with Gasteiger partial charge < -0.3 is 4.74 Å². The molecule has 0 aromatic heterocycles. The molecule has 0 spiro atoms. The fourth-order valence-corrected chi connectivity index (χ4v) is 3.01. The van der Waals surface area contributed by atoms with Gasteiger partial charge in [0.2, 0.25) is 0 Å². The van der Waals surface area contributed by atoms with Gasteiger partial charge in [-0.15, -0.1) is 0 Å². The Balaban J connectivity index is 1.72. The highest BCUT2D eigenvalue weighted by Gasteiger charge is 2.35. The van der Waals surface area contributed by atoms with Crippen LogP contribution in [0.2, 0.25) is 0 Å². The molecule has 1 aromatic rings. The molecular formula is C15H19NO2. The molecule has 3 aliphatic heterocycles. The average molecular weight is 245 g/mol. The molecule has 96 valence electrons. The lowest BCUT2D eigenvalue weighted by Gasteiger charge is -2.44. The molecule has 3 nitrogen and oxygen atoms in total. The summed E-state index contributed by atoms with van der Waals surface area (Å²) in [5, 5.41) is 0. The quantitative estimate of drug-likeness (QED) is 0.766. The predicted molar refractivity (Wildman–Crippen MR) is 70.0 cm³/mol. The Hall–Kier alpha value is -1.35. The van der Waals surface area contributed by atoms with Gasteiger partial charge in [-0.25, -0.2) is 0 Å². The summed E-state index contributed by atoms with van der Waals surface area (Å²) >= 11 is 0. The smallest absolute Gasteiger partial charge is 0.159 e. The van der Waals surface area contributed by atoms with E-state index < -0.39 is 0 Å². The van der Waals surface area contributed by atoms with Gasteiger partial charge in [-0.2, -0.15) is 0 Å². The minimum absolute atomic E-state index is 0.0920. The summed E-state index contributed by atoms with van der Waals surface area (Å²) in [4.78, 5) is 13.8. The van der Waals surface area contributed by atoms with Crippen LogP contribution in [0.3, 0.4) is 0 Å². The first-order valence-corrected chi connectivity index (χ1v) is 6.72. The molecule has 3 heterocycles. The molecule has 0 radical (unpaired) electrons. The van der Waals surface area contributed by atoms with Crippen molar-refractivity contribution in [2.45, 2.75) is 25.9 Å². The summed E-state index contributed by atoms with van der Waals surface area (Å²) in [7, 11) is 0. The number of ether oxygens (including phenoxy) is 1. The van der Waals surface area contributed by atoms with Gasteiger partial charge in [0, 0.05) is 12.1 Å². The number of benzene rings is 1. The SMILES string of the molecule is CC(=O)c1cccc(OC2CN3CCC2CC3)c1. The molecule has 1 aromatic carbocycles. The summed E-state index contributed by atoms with van der Waals surface area (Å²) < 4.78 is 6.09. The number of rotatable bonds is 3. The van der Waals surface area contributed by atoms with E-state index in [-0.39, 0.29) is 5.78 Å². The normalized spacial score (nSPS) is 30.2. The Morgan fingerprint density at radius 2 is 2.11 bits per heavy atom. The van der Waals surface area contributed by atoms with Crippen LogP contribution in [0.5, 0.6) is 5.75 Å². The molecule has 4 rings (SSSR count). The molecule has 1 unspecified atom stereocenters. The predicted octanol–water partition coefficient (Wildman–Crippen LogP) is 2.36. The maximum Gasteiger partial charge on any atom is 0.159 e. The number of carbonyl (C=O) groups excluding carboxylic acids is 1. The van der Waals surface area contributed by atoms with Crippen LogP contribution in [0.1, 0.15) is 30.1 Å². The highest BCUT2D eigenvalue weighted by atomic mass is 16.5. The van der Waals surface area contributed by atoms with Crippen molar-refractivity contribution in [3.63, 3.8) is 0 Å². The first-order chi connectivity index (χ1) is 8.72. The third kappa shape index (κ3) is 2.27. The Kier molecular flexibility index (Phi) is 3.08. The molecule has 0 saturated carbocycles. The largest absolute Gasteiger partial charge is 0.489 e. The standard InChI is InChI=1S/C15H19NO2/c1-11(17)13-3-2-4-14(9-13)18-15-10-16-7-5-12(15)6-8-16/h2-4,9,12,15H,5-8,10H2,1H3. The van der Waals surface area contributed by atoms with Crippen molar-refractivity contribution in [1.29, 1.82) is 0 Å². The molecule has 1 atom stereocenters. The maximum absolute atomic E-state index is 11.4. The zero-order valence-electron chi connectivity index (χ0n) is 10.8. The van der Waals surface area contributed by atoms with Gasteiger partial charge in [-0.3, -0.25) is 9.69 Å². The van der Waals surface area contributed by atoms with Crippen LogP contribution < -0.4 is 4.74 Å². The van der Waals surface area contributed by atoms with Crippen LogP contribution in [0, 0.1) is 5.92 Å². The summed E-state index contributed by atoms with van der Waals surface area (Å²) in [6, 6.07) is 7.54. The van der Waals surface area contributed by atoms with E-state index in [0.717, 1.165) is 17.9 Å². The molecule has 0 N–H and O–H groups in total. The topological polar surface area (TPSA) is 29.5 Å². The van der Waals surface area contributed by atoms with E-state index in [1.165, 1.54) is 25.9 Å². The molecule has 3 heteroatoms. The van der Waals surface area contributed by atoms with Crippen LogP contribution in [-0.4, -0.2) is 36.4 Å².